The van der Waals surface area contributed by atoms with Crippen molar-refractivity contribution in [3.05, 3.63) is 42.4 Å². The Morgan fingerprint density at radius 1 is 1.18 bits per heavy atom. The lowest BCUT2D eigenvalue weighted by atomic mass is 10.2. The number of rotatable bonds is 5. The lowest BCUT2D eigenvalue weighted by molar-refractivity contribution is 0.00119. The molecule has 8 nitrogen and oxygen atoms in total. The Morgan fingerprint density at radius 2 is 1.86 bits per heavy atom. The highest BCUT2D eigenvalue weighted by Crippen LogP contribution is 2.28. The van der Waals surface area contributed by atoms with Gasteiger partial charge in [0.2, 0.25) is 11.8 Å². The van der Waals surface area contributed by atoms with Crippen LogP contribution in [-0.2, 0) is 5.92 Å². The molecular weight excluding hydrogens is 483 g/mol. The van der Waals surface area contributed by atoms with Crippen LogP contribution in [0, 0.1) is 0 Å². The first-order valence-corrected chi connectivity index (χ1v) is 8.46. The monoisotopic (exact) mass is 505 g/mol. The number of guanidine groups is 1. The Morgan fingerprint density at radius 3 is 2.50 bits per heavy atom. The second-order valence-electron chi connectivity index (χ2n) is 5.97. The first kappa shape index (κ1) is 22.0. The maximum atomic E-state index is 14.4. The van der Waals surface area contributed by atoms with Crippen LogP contribution >= 0.6 is 24.0 Å². The summed E-state index contributed by atoms with van der Waals surface area (Å²) in [5.41, 5.74) is 5.52. The van der Waals surface area contributed by atoms with E-state index in [9.17, 15) is 8.78 Å². The van der Waals surface area contributed by atoms with Crippen molar-refractivity contribution in [3.8, 4) is 5.88 Å². The van der Waals surface area contributed by atoms with E-state index in [0.717, 1.165) is 0 Å². The smallest absolute Gasteiger partial charge is 0.309 e. The van der Waals surface area contributed by atoms with Gasteiger partial charge < -0.3 is 20.3 Å². The van der Waals surface area contributed by atoms with E-state index < -0.39 is 18.2 Å². The minimum atomic E-state index is -3.24. The Balaban J connectivity index is 0.00000280. The lowest BCUT2D eigenvalue weighted by Crippen LogP contribution is -2.51. The van der Waals surface area contributed by atoms with Crippen molar-refractivity contribution in [1.29, 1.82) is 0 Å². The maximum absolute atomic E-state index is 14.4. The second kappa shape index (κ2) is 9.75. The molecule has 0 bridgehead atoms. The van der Waals surface area contributed by atoms with Gasteiger partial charge in [0.25, 0.3) is 0 Å². The standard InChI is InChI=1S/C17H21F2N7O.HI/c1-27-14-5-2-4-13(24-14)17(18,19)12-23-15(20)25-8-10-26(11-9-25)16-21-6-3-7-22-16;/h2-7H,8-12H2,1H3,(H2,20,23);1H. The summed E-state index contributed by atoms with van der Waals surface area (Å²) in [7, 11) is 1.38. The van der Waals surface area contributed by atoms with Gasteiger partial charge in [0, 0.05) is 44.6 Å². The fourth-order valence-electron chi connectivity index (χ4n) is 2.68. The number of halogens is 3. The third kappa shape index (κ3) is 5.36. The number of piperazine rings is 1. The van der Waals surface area contributed by atoms with Crippen molar-refractivity contribution < 1.29 is 13.5 Å². The van der Waals surface area contributed by atoms with Crippen LogP contribution in [-0.4, -0.2) is 65.6 Å². The van der Waals surface area contributed by atoms with Crippen LogP contribution in [0.25, 0.3) is 0 Å². The second-order valence-corrected chi connectivity index (χ2v) is 5.97. The summed E-state index contributed by atoms with van der Waals surface area (Å²) in [5, 5.41) is 0. The lowest BCUT2D eigenvalue weighted by Gasteiger charge is -2.35. The van der Waals surface area contributed by atoms with E-state index in [1.807, 2.05) is 4.90 Å². The molecule has 2 aromatic rings. The summed E-state index contributed by atoms with van der Waals surface area (Å²) in [6.07, 6.45) is 3.36. The minimum absolute atomic E-state index is 0. The van der Waals surface area contributed by atoms with Gasteiger partial charge in [-0.15, -0.1) is 24.0 Å². The molecule has 0 saturated carbocycles. The average Bonchev–Trinajstić information content (AvgIpc) is 2.73. The molecule has 1 aliphatic rings. The number of anilines is 1. The Hall–Kier alpha value is -2.31. The number of aliphatic imine (C=N–C) groups is 1. The van der Waals surface area contributed by atoms with E-state index in [1.165, 1.54) is 25.3 Å². The first-order chi connectivity index (χ1) is 13.0. The molecule has 0 unspecified atom stereocenters. The fraction of sp³-hybridized carbons (Fsp3) is 0.412. The van der Waals surface area contributed by atoms with Gasteiger partial charge in [-0.2, -0.15) is 8.78 Å². The van der Waals surface area contributed by atoms with Crippen LogP contribution in [0.3, 0.4) is 0 Å². The van der Waals surface area contributed by atoms with E-state index in [2.05, 4.69) is 19.9 Å². The Kier molecular flexibility index (Phi) is 7.66. The van der Waals surface area contributed by atoms with E-state index in [4.69, 9.17) is 10.5 Å². The molecule has 0 aromatic carbocycles. The van der Waals surface area contributed by atoms with Crippen LogP contribution in [0.2, 0.25) is 0 Å². The topological polar surface area (TPSA) is 92.8 Å². The third-order valence-corrected chi connectivity index (χ3v) is 4.19. The average molecular weight is 505 g/mol. The molecule has 11 heteroatoms. The van der Waals surface area contributed by atoms with Crippen LogP contribution in [0.1, 0.15) is 5.69 Å². The van der Waals surface area contributed by atoms with Gasteiger partial charge in [0.15, 0.2) is 5.96 Å². The predicted octanol–water partition coefficient (Wildman–Crippen LogP) is 1.73. The number of hydrogen-bond acceptors (Lipinski definition) is 6. The zero-order valence-electron chi connectivity index (χ0n) is 15.3. The minimum Gasteiger partial charge on any atom is -0.481 e. The molecule has 152 valence electrons. The Labute approximate surface area is 178 Å². The number of methoxy groups -OCH3 is 1. The highest BCUT2D eigenvalue weighted by Gasteiger charge is 2.34. The van der Waals surface area contributed by atoms with E-state index in [-0.39, 0.29) is 35.8 Å². The summed E-state index contributed by atoms with van der Waals surface area (Å²) in [6.45, 7) is 1.59. The van der Waals surface area contributed by atoms with Crippen molar-refractivity contribution in [3.63, 3.8) is 0 Å². The largest absolute Gasteiger partial charge is 0.481 e. The summed E-state index contributed by atoms with van der Waals surface area (Å²) < 4.78 is 33.6. The molecule has 0 aliphatic carbocycles. The summed E-state index contributed by atoms with van der Waals surface area (Å²) in [5.74, 6) is -2.38. The molecule has 3 heterocycles. The van der Waals surface area contributed by atoms with Crippen LogP contribution in [0.5, 0.6) is 5.88 Å². The Bertz CT molecular complexity index is 786. The SMILES string of the molecule is COc1cccc(C(F)(F)CN=C(N)N2CCN(c3ncccn3)CC2)n1.I. The predicted molar refractivity (Wildman–Crippen MR) is 112 cm³/mol. The summed E-state index contributed by atoms with van der Waals surface area (Å²) >= 11 is 0. The molecule has 28 heavy (non-hydrogen) atoms. The number of aromatic nitrogens is 3. The molecule has 1 fully saturated rings. The number of alkyl halides is 2. The number of hydrogen-bond donors (Lipinski definition) is 1. The molecule has 3 rings (SSSR count). The van der Waals surface area contributed by atoms with Gasteiger partial charge in [-0.25, -0.2) is 19.9 Å². The number of ether oxygens (including phenoxy) is 1. The number of nitrogens with zero attached hydrogens (tertiary/aromatic N) is 6. The van der Waals surface area contributed by atoms with Gasteiger partial charge in [-0.3, -0.25) is 0 Å². The summed E-state index contributed by atoms with van der Waals surface area (Å²) in [6, 6.07) is 5.97. The molecule has 0 radical (unpaired) electrons. The molecule has 1 aliphatic heterocycles. The van der Waals surface area contributed by atoms with E-state index in [1.54, 1.807) is 23.4 Å². The van der Waals surface area contributed by atoms with Crippen molar-refractivity contribution >= 4 is 35.9 Å². The zero-order valence-corrected chi connectivity index (χ0v) is 17.7. The summed E-state index contributed by atoms with van der Waals surface area (Å²) in [4.78, 5) is 19.9. The normalized spacial score (nSPS) is 15.2. The van der Waals surface area contributed by atoms with Crippen molar-refractivity contribution in [2.24, 2.45) is 10.7 Å². The third-order valence-electron chi connectivity index (χ3n) is 4.19. The fourth-order valence-corrected chi connectivity index (χ4v) is 2.68. The molecule has 0 amide bonds. The molecule has 2 aromatic heterocycles. The highest BCUT2D eigenvalue weighted by atomic mass is 127. The first-order valence-electron chi connectivity index (χ1n) is 8.46. The van der Waals surface area contributed by atoms with Gasteiger partial charge in [0.1, 0.15) is 12.2 Å². The van der Waals surface area contributed by atoms with Gasteiger partial charge in [0.05, 0.1) is 7.11 Å². The molecular formula is C17H22F2IN7O. The van der Waals surface area contributed by atoms with Crippen molar-refractivity contribution in [2.45, 2.75) is 5.92 Å². The van der Waals surface area contributed by atoms with Crippen molar-refractivity contribution in [2.75, 3.05) is 44.7 Å². The maximum Gasteiger partial charge on any atom is 0.309 e. The highest BCUT2D eigenvalue weighted by molar-refractivity contribution is 14.0. The van der Waals surface area contributed by atoms with Gasteiger partial charge in [-0.1, -0.05) is 6.07 Å². The quantitative estimate of drug-likeness (QED) is 0.376. The van der Waals surface area contributed by atoms with E-state index >= 15 is 0 Å². The van der Waals surface area contributed by atoms with Gasteiger partial charge in [-0.05, 0) is 12.1 Å². The molecule has 0 atom stereocenters. The van der Waals surface area contributed by atoms with Gasteiger partial charge >= 0.3 is 5.92 Å². The van der Waals surface area contributed by atoms with E-state index in [0.29, 0.717) is 32.1 Å². The number of pyridine rings is 1. The van der Waals surface area contributed by atoms with Crippen molar-refractivity contribution in [1.82, 2.24) is 19.9 Å². The number of nitrogens with two attached hydrogens (primary N) is 1. The zero-order chi connectivity index (χ0) is 19.3. The molecule has 2 N–H and O–H groups in total. The van der Waals surface area contributed by atoms with Crippen LogP contribution in [0.4, 0.5) is 14.7 Å². The van der Waals surface area contributed by atoms with Crippen LogP contribution < -0.4 is 15.4 Å². The molecule has 1 saturated heterocycles. The molecule has 0 spiro atoms. The van der Waals surface area contributed by atoms with Crippen LogP contribution in [0.15, 0.2) is 41.7 Å².